The summed E-state index contributed by atoms with van der Waals surface area (Å²) in [6.07, 6.45) is 1.47. The Morgan fingerprint density at radius 3 is 2.81 bits per heavy atom. The number of benzene rings is 1. The lowest BCUT2D eigenvalue weighted by atomic mass is 10.2. The number of carbonyl (C=O) groups excluding carboxylic acids is 1. The SMILES string of the molecule is COc1cc(C(=O)NC#N)ccc1[N+](=O)[O-]. The molecule has 1 rings (SSSR count). The normalized spacial score (nSPS) is 9.00. The van der Waals surface area contributed by atoms with Gasteiger partial charge in [0, 0.05) is 17.7 Å². The number of nitro groups is 1. The molecule has 1 amide bonds. The molecule has 7 nitrogen and oxygen atoms in total. The minimum atomic E-state index is -0.643. The maximum Gasteiger partial charge on any atom is 0.310 e. The van der Waals surface area contributed by atoms with Gasteiger partial charge in [0.15, 0.2) is 11.9 Å². The number of amides is 1. The van der Waals surface area contributed by atoms with Crippen molar-refractivity contribution in [3.63, 3.8) is 0 Å². The van der Waals surface area contributed by atoms with Crippen LogP contribution >= 0.6 is 0 Å². The fraction of sp³-hybridized carbons (Fsp3) is 0.111. The molecule has 82 valence electrons. The van der Waals surface area contributed by atoms with Gasteiger partial charge in [0.05, 0.1) is 12.0 Å². The molecule has 1 aromatic carbocycles. The van der Waals surface area contributed by atoms with Gasteiger partial charge in [0.1, 0.15) is 0 Å². The Kier molecular flexibility index (Phi) is 3.40. The van der Waals surface area contributed by atoms with Gasteiger partial charge in [-0.1, -0.05) is 0 Å². The second-order valence-corrected chi connectivity index (χ2v) is 2.71. The van der Waals surface area contributed by atoms with E-state index in [0.29, 0.717) is 0 Å². The van der Waals surface area contributed by atoms with Crippen molar-refractivity contribution in [1.29, 1.82) is 5.26 Å². The molecule has 0 unspecified atom stereocenters. The molecule has 7 heteroatoms. The van der Waals surface area contributed by atoms with Crippen LogP contribution in [0.5, 0.6) is 5.75 Å². The van der Waals surface area contributed by atoms with Gasteiger partial charge in [-0.2, -0.15) is 5.26 Å². The monoisotopic (exact) mass is 221 g/mol. The highest BCUT2D eigenvalue weighted by atomic mass is 16.6. The molecule has 1 aromatic rings. The van der Waals surface area contributed by atoms with Crippen molar-refractivity contribution in [2.45, 2.75) is 0 Å². The molecule has 0 aromatic heterocycles. The molecular weight excluding hydrogens is 214 g/mol. The lowest BCUT2D eigenvalue weighted by Crippen LogP contribution is -2.17. The van der Waals surface area contributed by atoms with Crippen LogP contribution in [0.1, 0.15) is 10.4 Å². The van der Waals surface area contributed by atoms with Crippen molar-refractivity contribution in [1.82, 2.24) is 5.32 Å². The summed E-state index contributed by atoms with van der Waals surface area (Å²) in [5.74, 6) is -0.675. The number of ether oxygens (including phenoxy) is 1. The standard InChI is InChI=1S/C9H7N3O4/c1-16-8-4-6(9(13)11-5-10)2-3-7(8)12(14)15/h2-4H,1H3,(H,11,13). The van der Waals surface area contributed by atoms with Gasteiger partial charge in [0.2, 0.25) is 0 Å². The van der Waals surface area contributed by atoms with Gasteiger partial charge < -0.3 is 4.74 Å². The molecule has 0 saturated carbocycles. The summed E-state index contributed by atoms with van der Waals surface area (Å²) >= 11 is 0. The Labute approximate surface area is 90.4 Å². The van der Waals surface area contributed by atoms with Crippen molar-refractivity contribution in [2.24, 2.45) is 0 Å². The third-order valence-electron chi connectivity index (χ3n) is 1.81. The van der Waals surface area contributed by atoms with Gasteiger partial charge in [-0.15, -0.1) is 0 Å². The number of hydrogen-bond acceptors (Lipinski definition) is 5. The molecule has 0 atom stereocenters. The summed E-state index contributed by atoms with van der Waals surface area (Å²) in [6, 6.07) is 3.59. The number of carbonyl (C=O) groups is 1. The van der Waals surface area contributed by atoms with E-state index in [1.54, 1.807) is 0 Å². The number of methoxy groups -OCH3 is 1. The first-order chi connectivity index (χ1) is 7.60. The minimum Gasteiger partial charge on any atom is -0.490 e. The molecule has 0 fully saturated rings. The molecule has 0 spiro atoms. The Balaban J connectivity index is 3.14. The van der Waals surface area contributed by atoms with Crippen LogP contribution in [0.25, 0.3) is 0 Å². The molecule has 0 aliphatic carbocycles. The molecule has 0 aliphatic heterocycles. The highest BCUT2D eigenvalue weighted by molar-refractivity contribution is 5.95. The van der Waals surface area contributed by atoms with Crippen LogP contribution in [0.2, 0.25) is 0 Å². The molecular formula is C9H7N3O4. The quantitative estimate of drug-likeness (QED) is 0.352. The van der Waals surface area contributed by atoms with Crippen molar-refractivity contribution in [3.05, 3.63) is 33.9 Å². The van der Waals surface area contributed by atoms with E-state index in [1.165, 1.54) is 25.4 Å². The summed E-state index contributed by atoms with van der Waals surface area (Å²) in [6.45, 7) is 0. The number of nitrogens with zero attached hydrogens (tertiary/aromatic N) is 2. The van der Waals surface area contributed by atoms with E-state index in [4.69, 9.17) is 10.00 Å². The van der Waals surface area contributed by atoms with Gasteiger partial charge in [-0.25, -0.2) is 0 Å². The number of nitriles is 1. The second-order valence-electron chi connectivity index (χ2n) is 2.71. The summed E-state index contributed by atoms with van der Waals surface area (Å²) in [5.41, 5.74) is -0.125. The first-order valence-corrected chi connectivity index (χ1v) is 4.12. The molecule has 0 saturated heterocycles. The maximum absolute atomic E-state index is 11.2. The zero-order chi connectivity index (χ0) is 12.1. The van der Waals surface area contributed by atoms with Gasteiger partial charge in [-0.3, -0.25) is 20.2 Å². The smallest absolute Gasteiger partial charge is 0.310 e. The predicted octanol–water partition coefficient (Wildman–Crippen LogP) is 0.814. The topological polar surface area (TPSA) is 105 Å². The molecule has 16 heavy (non-hydrogen) atoms. The zero-order valence-corrected chi connectivity index (χ0v) is 8.26. The molecule has 1 N–H and O–H groups in total. The van der Waals surface area contributed by atoms with Crippen molar-refractivity contribution >= 4 is 11.6 Å². The van der Waals surface area contributed by atoms with Crippen LogP contribution in [-0.4, -0.2) is 17.9 Å². The fourth-order valence-electron chi connectivity index (χ4n) is 1.09. The first kappa shape index (κ1) is 11.5. The number of nitro benzene ring substituents is 1. The van der Waals surface area contributed by atoms with E-state index in [0.717, 1.165) is 6.07 Å². The van der Waals surface area contributed by atoms with Gasteiger partial charge >= 0.3 is 5.69 Å². The van der Waals surface area contributed by atoms with E-state index in [-0.39, 0.29) is 17.0 Å². The first-order valence-electron chi connectivity index (χ1n) is 4.12. The largest absolute Gasteiger partial charge is 0.490 e. The highest BCUT2D eigenvalue weighted by Gasteiger charge is 2.17. The van der Waals surface area contributed by atoms with Crippen molar-refractivity contribution < 1.29 is 14.5 Å². The Hall–Kier alpha value is -2.62. The molecule has 0 bridgehead atoms. The van der Waals surface area contributed by atoms with E-state index in [2.05, 4.69) is 0 Å². The van der Waals surface area contributed by atoms with Crippen molar-refractivity contribution in [3.8, 4) is 11.9 Å². The second kappa shape index (κ2) is 4.75. The average molecular weight is 221 g/mol. The van der Waals surface area contributed by atoms with Crippen LogP contribution in [0.15, 0.2) is 18.2 Å². The van der Waals surface area contributed by atoms with Gasteiger partial charge in [0.25, 0.3) is 5.91 Å². The zero-order valence-electron chi connectivity index (χ0n) is 8.26. The number of nitrogens with one attached hydrogen (secondary N) is 1. The van der Waals surface area contributed by atoms with E-state index in [9.17, 15) is 14.9 Å². The highest BCUT2D eigenvalue weighted by Crippen LogP contribution is 2.27. The number of rotatable bonds is 3. The van der Waals surface area contributed by atoms with E-state index in [1.807, 2.05) is 5.32 Å². The molecule has 0 heterocycles. The number of hydrogen-bond donors (Lipinski definition) is 1. The predicted molar refractivity (Wildman–Crippen MR) is 52.7 cm³/mol. The van der Waals surface area contributed by atoms with Crippen LogP contribution in [0.3, 0.4) is 0 Å². The Morgan fingerprint density at radius 2 is 2.31 bits per heavy atom. The molecule has 0 radical (unpaired) electrons. The van der Waals surface area contributed by atoms with E-state index >= 15 is 0 Å². The summed E-state index contributed by atoms with van der Waals surface area (Å²) in [5, 5.41) is 20.7. The Bertz CT molecular complexity index is 478. The van der Waals surface area contributed by atoms with Gasteiger partial charge in [-0.05, 0) is 6.07 Å². The summed E-state index contributed by atoms with van der Waals surface area (Å²) in [4.78, 5) is 21.2. The summed E-state index contributed by atoms with van der Waals surface area (Å²) in [7, 11) is 1.26. The van der Waals surface area contributed by atoms with Crippen molar-refractivity contribution in [2.75, 3.05) is 7.11 Å². The van der Waals surface area contributed by atoms with Crippen LogP contribution < -0.4 is 10.1 Å². The minimum absolute atomic E-state index is 0.0319. The summed E-state index contributed by atoms with van der Waals surface area (Å²) < 4.78 is 4.77. The lowest BCUT2D eigenvalue weighted by Gasteiger charge is -2.03. The lowest BCUT2D eigenvalue weighted by molar-refractivity contribution is -0.385. The maximum atomic E-state index is 11.2. The van der Waals surface area contributed by atoms with Crippen LogP contribution in [-0.2, 0) is 0 Å². The third-order valence-corrected chi connectivity index (χ3v) is 1.81. The van der Waals surface area contributed by atoms with Crippen LogP contribution in [0.4, 0.5) is 5.69 Å². The fourth-order valence-corrected chi connectivity index (χ4v) is 1.09. The third kappa shape index (κ3) is 2.24. The average Bonchev–Trinajstić information content (AvgIpc) is 2.28. The van der Waals surface area contributed by atoms with E-state index < -0.39 is 10.8 Å². The van der Waals surface area contributed by atoms with Crippen LogP contribution in [0, 0.1) is 21.6 Å². The Morgan fingerprint density at radius 1 is 1.62 bits per heavy atom. The molecule has 0 aliphatic rings.